The first-order valence-corrected chi connectivity index (χ1v) is 4.49. The van der Waals surface area contributed by atoms with Crippen LogP contribution in [0.25, 0.3) is 0 Å². The number of amides is 1. The first kappa shape index (κ1) is 11.4. The summed E-state index contributed by atoms with van der Waals surface area (Å²) in [6, 6.07) is 0.228. The van der Waals surface area contributed by atoms with Crippen LogP contribution in [0.3, 0.4) is 0 Å². The topological polar surface area (TPSA) is 55.1 Å². The van der Waals surface area contributed by atoms with Gasteiger partial charge in [0.05, 0.1) is 0 Å². The molecule has 0 fully saturated rings. The van der Waals surface area contributed by atoms with E-state index in [-0.39, 0.29) is 17.9 Å². The number of carbonyl (C=O) groups is 1. The highest BCUT2D eigenvalue weighted by Gasteiger charge is 2.14. The molecule has 0 heterocycles. The van der Waals surface area contributed by atoms with E-state index in [1.54, 1.807) is 0 Å². The van der Waals surface area contributed by atoms with Crippen LogP contribution in [-0.2, 0) is 4.79 Å². The lowest BCUT2D eigenvalue weighted by atomic mass is 10.1. The molecule has 0 bridgehead atoms. The number of hydrogen-bond acceptors (Lipinski definition) is 2. The third-order valence-corrected chi connectivity index (χ3v) is 2.17. The lowest BCUT2D eigenvalue weighted by molar-refractivity contribution is -0.125. The third kappa shape index (κ3) is 3.72. The van der Waals surface area contributed by atoms with Crippen molar-refractivity contribution in [3.8, 4) is 0 Å². The molecule has 0 aromatic heterocycles. The van der Waals surface area contributed by atoms with Crippen LogP contribution in [0.15, 0.2) is 0 Å². The molecule has 2 unspecified atom stereocenters. The van der Waals surface area contributed by atoms with Gasteiger partial charge in [-0.05, 0) is 12.8 Å². The SMILES string of the molecule is CC(CN)C(=O)NC(C)C(C)C. The van der Waals surface area contributed by atoms with Crippen molar-refractivity contribution in [3.63, 3.8) is 0 Å². The van der Waals surface area contributed by atoms with Crippen molar-refractivity contribution in [2.75, 3.05) is 6.54 Å². The summed E-state index contributed by atoms with van der Waals surface area (Å²) in [5, 5.41) is 2.91. The quantitative estimate of drug-likeness (QED) is 0.657. The summed E-state index contributed by atoms with van der Waals surface area (Å²) in [4.78, 5) is 11.3. The molecule has 3 N–H and O–H groups in total. The summed E-state index contributed by atoms with van der Waals surface area (Å²) in [6.45, 7) is 8.42. The van der Waals surface area contributed by atoms with Gasteiger partial charge in [-0.2, -0.15) is 0 Å². The molecule has 0 aromatic carbocycles. The van der Waals surface area contributed by atoms with E-state index in [4.69, 9.17) is 5.73 Å². The van der Waals surface area contributed by atoms with Crippen molar-refractivity contribution in [2.45, 2.75) is 33.7 Å². The summed E-state index contributed by atoms with van der Waals surface area (Å²) in [7, 11) is 0. The van der Waals surface area contributed by atoms with Crippen LogP contribution in [0, 0.1) is 11.8 Å². The first-order valence-electron chi connectivity index (χ1n) is 4.49. The van der Waals surface area contributed by atoms with E-state index in [0.29, 0.717) is 12.5 Å². The average Bonchev–Trinajstić information content (AvgIpc) is 2.02. The zero-order valence-electron chi connectivity index (χ0n) is 8.42. The number of carbonyl (C=O) groups excluding carboxylic acids is 1. The molecule has 0 saturated carbocycles. The molecule has 0 saturated heterocycles. The van der Waals surface area contributed by atoms with Crippen LogP contribution < -0.4 is 11.1 Å². The lowest BCUT2D eigenvalue weighted by Crippen LogP contribution is -2.41. The number of nitrogens with one attached hydrogen (secondary N) is 1. The molecular weight excluding hydrogens is 152 g/mol. The summed E-state index contributed by atoms with van der Waals surface area (Å²) < 4.78 is 0. The Labute approximate surface area is 74.7 Å². The van der Waals surface area contributed by atoms with E-state index >= 15 is 0 Å². The van der Waals surface area contributed by atoms with Gasteiger partial charge in [-0.25, -0.2) is 0 Å². The second kappa shape index (κ2) is 5.14. The van der Waals surface area contributed by atoms with E-state index in [2.05, 4.69) is 19.2 Å². The van der Waals surface area contributed by atoms with E-state index in [9.17, 15) is 4.79 Å². The molecule has 3 heteroatoms. The van der Waals surface area contributed by atoms with Crippen LogP contribution in [0.2, 0.25) is 0 Å². The minimum Gasteiger partial charge on any atom is -0.353 e. The molecule has 12 heavy (non-hydrogen) atoms. The molecule has 0 radical (unpaired) electrons. The third-order valence-electron chi connectivity index (χ3n) is 2.17. The minimum atomic E-state index is -0.0776. The smallest absolute Gasteiger partial charge is 0.224 e. The van der Waals surface area contributed by atoms with Gasteiger partial charge < -0.3 is 11.1 Å². The summed E-state index contributed by atoms with van der Waals surface area (Å²) >= 11 is 0. The summed E-state index contributed by atoms with van der Waals surface area (Å²) in [5.74, 6) is 0.448. The molecule has 0 aliphatic heterocycles. The Kier molecular flexibility index (Phi) is 4.90. The van der Waals surface area contributed by atoms with Crippen molar-refractivity contribution in [3.05, 3.63) is 0 Å². The van der Waals surface area contributed by atoms with Crippen LogP contribution >= 0.6 is 0 Å². The monoisotopic (exact) mass is 172 g/mol. The first-order chi connectivity index (χ1) is 5.49. The Morgan fingerprint density at radius 1 is 1.33 bits per heavy atom. The predicted molar refractivity (Wildman–Crippen MR) is 50.7 cm³/mol. The zero-order valence-corrected chi connectivity index (χ0v) is 8.42. The molecule has 0 spiro atoms. The highest BCUT2D eigenvalue weighted by Crippen LogP contribution is 2.01. The van der Waals surface area contributed by atoms with Crippen molar-refractivity contribution in [1.29, 1.82) is 0 Å². The van der Waals surface area contributed by atoms with Gasteiger partial charge in [0.25, 0.3) is 0 Å². The van der Waals surface area contributed by atoms with Crippen LogP contribution in [0.5, 0.6) is 0 Å². The number of hydrogen-bond donors (Lipinski definition) is 2. The van der Waals surface area contributed by atoms with Gasteiger partial charge in [-0.3, -0.25) is 4.79 Å². The standard InChI is InChI=1S/C9H20N2O/c1-6(2)8(4)11-9(12)7(3)5-10/h6-8H,5,10H2,1-4H3,(H,11,12). The molecule has 3 nitrogen and oxygen atoms in total. The normalized spacial score (nSPS) is 15.8. The number of nitrogens with two attached hydrogens (primary N) is 1. The van der Waals surface area contributed by atoms with Gasteiger partial charge in [-0.1, -0.05) is 20.8 Å². The van der Waals surface area contributed by atoms with Crippen molar-refractivity contribution in [2.24, 2.45) is 17.6 Å². The predicted octanol–water partition coefficient (Wildman–Crippen LogP) is 0.742. The number of rotatable bonds is 4. The van der Waals surface area contributed by atoms with Gasteiger partial charge >= 0.3 is 0 Å². The molecular formula is C9H20N2O. The summed E-state index contributed by atoms with van der Waals surface area (Å²) in [5.41, 5.74) is 5.36. The lowest BCUT2D eigenvalue weighted by Gasteiger charge is -2.19. The Bertz CT molecular complexity index is 145. The second-order valence-corrected chi connectivity index (χ2v) is 3.68. The van der Waals surface area contributed by atoms with E-state index < -0.39 is 0 Å². The highest BCUT2D eigenvalue weighted by molar-refractivity contribution is 5.78. The van der Waals surface area contributed by atoms with Crippen molar-refractivity contribution < 1.29 is 4.79 Å². The zero-order chi connectivity index (χ0) is 9.72. The van der Waals surface area contributed by atoms with Gasteiger partial charge in [0.15, 0.2) is 0 Å². The van der Waals surface area contributed by atoms with E-state index in [0.717, 1.165) is 0 Å². The molecule has 72 valence electrons. The maximum absolute atomic E-state index is 11.3. The fourth-order valence-corrected chi connectivity index (χ4v) is 0.640. The minimum absolute atomic E-state index is 0.0544. The maximum Gasteiger partial charge on any atom is 0.224 e. The molecule has 1 amide bonds. The van der Waals surface area contributed by atoms with Gasteiger partial charge in [0.1, 0.15) is 0 Å². The fourth-order valence-electron chi connectivity index (χ4n) is 0.640. The van der Waals surface area contributed by atoms with Crippen LogP contribution in [0.1, 0.15) is 27.7 Å². The fraction of sp³-hybridized carbons (Fsp3) is 0.889. The molecule has 0 aliphatic carbocycles. The van der Waals surface area contributed by atoms with E-state index in [1.165, 1.54) is 0 Å². The molecule has 2 atom stereocenters. The highest BCUT2D eigenvalue weighted by atomic mass is 16.1. The Morgan fingerprint density at radius 2 is 1.83 bits per heavy atom. The Balaban J connectivity index is 3.84. The molecule has 0 aliphatic rings. The van der Waals surface area contributed by atoms with Crippen LogP contribution in [0.4, 0.5) is 0 Å². The molecule has 0 aromatic rings. The Morgan fingerprint density at radius 3 is 2.17 bits per heavy atom. The maximum atomic E-state index is 11.3. The van der Waals surface area contributed by atoms with E-state index in [1.807, 2.05) is 13.8 Å². The Hall–Kier alpha value is -0.570. The van der Waals surface area contributed by atoms with Crippen molar-refractivity contribution >= 4 is 5.91 Å². The van der Waals surface area contributed by atoms with Gasteiger partial charge in [0, 0.05) is 18.5 Å². The molecule has 0 rings (SSSR count). The van der Waals surface area contributed by atoms with Crippen LogP contribution in [-0.4, -0.2) is 18.5 Å². The van der Waals surface area contributed by atoms with Crippen molar-refractivity contribution in [1.82, 2.24) is 5.32 Å². The summed E-state index contributed by atoms with van der Waals surface area (Å²) in [6.07, 6.45) is 0. The van der Waals surface area contributed by atoms with Gasteiger partial charge in [0.2, 0.25) is 5.91 Å². The second-order valence-electron chi connectivity index (χ2n) is 3.68. The van der Waals surface area contributed by atoms with Gasteiger partial charge in [-0.15, -0.1) is 0 Å². The largest absolute Gasteiger partial charge is 0.353 e. The average molecular weight is 172 g/mol.